The molecule has 28 heavy (non-hydrogen) atoms. The van der Waals surface area contributed by atoms with Gasteiger partial charge in [-0.15, -0.1) is 10.2 Å². The third-order valence-electron chi connectivity index (χ3n) is 5.88. The molecule has 6 nitrogen and oxygen atoms in total. The van der Waals surface area contributed by atoms with Crippen LogP contribution in [0.2, 0.25) is 0 Å². The van der Waals surface area contributed by atoms with Crippen molar-refractivity contribution in [3.63, 3.8) is 0 Å². The lowest BCUT2D eigenvalue weighted by Crippen LogP contribution is -2.44. The van der Waals surface area contributed by atoms with E-state index in [1.54, 1.807) is 6.20 Å². The zero-order chi connectivity index (χ0) is 18.8. The van der Waals surface area contributed by atoms with Gasteiger partial charge in [0.1, 0.15) is 12.2 Å². The van der Waals surface area contributed by atoms with Gasteiger partial charge in [0.15, 0.2) is 11.6 Å². The second kappa shape index (κ2) is 7.45. The number of nitrogens with zero attached hydrogens (tertiary/aromatic N) is 5. The lowest BCUT2D eigenvalue weighted by atomic mass is 10.0. The number of ether oxygens (including phenoxy) is 1. The van der Waals surface area contributed by atoms with E-state index in [9.17, 15) is 0 Å². The van der Waals surface area contributed by atoms with Crippen molar-refractivity contribution in [2.24, 2.45) is 0 Å². The highest BCUT2D eigenvalue weighted by molar-refractivity contribution is 5.53. The van der Waals surface area contributed by atoms with E-state index in [1.165, 1.54) is 12.0 Å². The number of aromatic nitrogens is 4. The van der Waals surface area contributed by atoms with Crippen molar-refractivity contribution in [2.45, 2.75) is 38.0 Å². The summed E-state index contributed by atoms with van der Waals surface area (Å²) in [6.45, 7) is 4.53. The monoisotopic (exact) mass is 375 g/mol. The topological polar surface area (TPSA) is 56.1 Å². The molecule has 0 radical (unpaired) electrons. The number of likely N-dealkylation sites (tertiary alicyclic amines) is 1. The number of rotatable bonds is 5. The Morgan fingerprint density at radius 1 is 1.04 bits per heavy atom. The lowest BCUT2D eigenvalue weighted by Gasteiger charge is -2.34. The highest BCUT2D eigenvalue weighted by atomic mass is 16.5. The normalized spacial score (nSPS) is 21.9. The molecule has 6 heteroatoms. The molecule has 2 aliphatic rings. The van der Waals surface area contributed by atoms with Crippen molar-refractivity contribution < 1.29 is 4.74 Å². The highest BCUT2D eigenvalue weighted by Crippen LogP contribution is 2.34. The van der Waals surface area contributed by atoms with Crippen LogP contribution in [-0.2, 0) is 24.3 Å². The Hall–Kier alpha value is -2.57. The Balaban J connectivity index is 1.24. The van der Waals surface area contributed by atoms with Crippen LogP contribution in [0.15, 0.2) is 54.9 Å². The van der Waals surface area contributed by atoms with Crippen LogP contribution in [0.1, 0.15) is 24.2 Å². The maximum Gasteiger partial charge on any atom is 0.165 e. The van der Waals surface area contributed by atoms with Crippen LogP contribution >= 0.6 is 0 Å². The fourth-order valence-corrected chi connectivity index (χ4v) is 4.38. The molecule has 5 rings (SSSR count). The van der Waals surface area contributed by atoms with Crippen LogP contribution in [0.25, 0.3) is 11.4 Å². The molecule has 144 valence electrons. The van der Waals surface area contributed by atoms with Gasteiger partial charge in [-0.1, -0.05) is 30.3 Å². The van der Waals surface area contributed by atoms with Gasteiger partial charge in [0.05, 0.1) is 6.54 Å². The smallest absolute Gasteiger partial charge is 0.165 e. The van der Waals surface area contributed by atoms with Gasteiger partial charge in [-0.25, -0.2) is 0 Å². The predicted octanol–water partition coefficient (Wildman–Crippen LogP) is 2.95. The summed E-state index contributed by atoms with van der Waals surface area (Å²) in [7, 11) is 0. The fourth-order valence-electron chi connectivity index (χ4n) is 4.38. The molecule has 0 bridgehead atoms. The van der Waals surface area contributed by atoms with E-state index in [0.717, 1.165) is 56.2 Å². The Kier molecular flexibility index (Phi) is 4.66. The van der Waals surface area contributed by atoms with E-state index in [2.05, 4.69) is 55.0 Å². The third-order valence-corrected chi connectivity index (χ3v) is 5.88. The molecule has 2 aliphatic heterocycles. The largest absolute Gasteiger partial charge is 0.364 e. The number of hydrogen-bond donors (Lipinski definition) is 0. The summed E-state index contributed by atoms with van der Waals surface area (Å²) in [4.78, 5) is 6.77. The summed E-state index contributed by atoms with van der Waals surface area (Å²) < 4.78 is 8.55. The van der Waals surface area contributed by atoms with Gasteiger partial charge in [0.2, 0.25) is 0 Å². The lowest BCUT2D eigenvalue weighted by molar-refractivity contribution is -0.0818. The SMILES string of the molecule is c1ccc(CCCN2CCC3(C2)Cn2c(nnc2-c2cccnc2)CO3)cc1. The van der Waals surface area contributed by atoms with E-state index in [-0.39, 0.29) is 5.60 Å². The second-order valence-corrected chi connectivity index (χ2v) is 7.85. The van der Waals surface area contributed by atoms with Gasteiger partial charge in [-0.05, 0) is 43.5 Å². The first-order valence-electron chi connectivity index (χ1n) is 10.0. The average molecular weight is 375 g/mol. The first-order chi connectivity index (χ1) is 13.8. The number of benzene rings is 1. The molecular weight excluding hydrogens is 350 g/mol. The minimum Gasteiger partial charge on any atom is -0.364 e. The molecule has 1 unspecified atom stereocenters. The second-order valence-electron chi connectivity index (χ2n) is 7.85. The van der Waals surface area contributed by atoms with E-state index in [0.29, 0.717) is 6.61 Å². The molecule has 3 aromatic rings. The first-order valence-corrected chi connectivity index (χ1v) is 10.0. The number of fused-ring (bicyclic) bond motifs is 1. The minimum atomic E-state index is -0.126. The summed E-state index contributed by atoms with van der Waals surface area (Å²) in [6.07, 6.45) is 7.00. The number of pyridine rings is 1. The zero-order valence-corrected chi connectivity index (χ0v) is 16.0. The Morgan fingerprint density at radius 2 is 1.96 bits per heavy atom. The van der Waals surface area contributed by atoms with Crippen LogP contribution in [0.3, 0.4) is 0 Å². The molecule has 1 spiro atoms. The first kappa shape index (κ1) is 17.5. The Morgan fingerprint density at radius 3 is 2.82 bits per heavy atom. The predicted molar refractivity (Wildman–Crippen MR) is 107 cm³/mol. The standard InChI is InChI=1S/C22H25N5O/c1-2-6-18(7-3-1)8-5-12-26-13-10-22(16-26)17-27-20(15-28-22)24-25-21(27)19-9-4-11-23-14-19/h1-4,6-7,9,11,14H,5,8,10,12-13,15-17H2. The van der Waals surface area contributed by atoms with Gasteiger partial charge in [-0.2, -0.15) is 0 Å². The van der Waals surface area contributed by atoms with Crippen molar-refractivity contribution in [2.75, 3.05) is 19.6 Å². The van der Waals surface area contributed by atoms with Gasteiger partial charge >= 0.3 is 0 Å². The Bertz CT molecular complexity index is 927. The van der Waals surface area contributed by atoms with Crippen molar-refractivity contribution in [3.8, 4) is 11.4 Å². The van der Waals surface area contributed by atoms with Crippen molar-refractivity contribution in [1.29, 1.82) is 0 Å². The summed E-state index contributed by atoms with van der Waals surface area (Å²) >= 11 is 0. The molecular formula is C22H25N5O. The maximum atomic E-state index is 6.32. The maximum absolute atomic E-state index is 6.32. The van der Waals surface area contributed by atoms with E-state index in [1.807, 2.05) is 18.3 Å². The summed E-state index contributed by atoms with van der Waals surface area (Å²) in [5.74, 6) is 1.81. The summed E-state index contributed by atoms with van der Waals surface area (Å²) in [5.41, 5.74) is 2.30. The van der Waals surface area contributed by atoms with Crippen LogP contribution in [0, 0.1) is 0 Å². The van der Waals surface area contributed by atoms with Crippen LogP contribution in [0.5, 0.6) is 0 Å². The molecule has 1 atom stereocenters. The summed E-state index contributed by atoms with van der Waals surface area (Å²) in [5, 5.41) is 8.74. The minimum absolute atomic E-state index is 0.126. The molecule has 1 fully saturated rings. The van der Waals surface area contributed by atoms with E-state index < -0.39 is 0 Å². The fraction of sp³-hybridized carbons (Fsp3) is 0.409. The molecule has 0 saturated carbocycles. The molecule has 0 amide bonds. The van der Waals surface area contributed by atoms with E-state index >= 15 is 0 Å². The molecule has 1 saturated heterocycles. The van der Waals surface area contributed by atoms with Gasteiger partial charge < -0.3 is 14.2 Å². The van der Waals surface area contributed by atoms with Gasteiger partial charge in [0.25, 0.3) is 0 Å². The van der Waals surface area contributed by atoms with Gasteiger partial charge in [0, 0.05) is 31.0 Å². The van der Waals surface area contributed by atoms with Gasteiger partial charge in [-0.3, -0.25) is 4.98 Å². The van der Waals surface area contributed by atoms with Crippen LogP contribution < -0.4 is 0 Å². The van der Waals surface area contributed by atoms with Crippen molar-refractivity contribution >= 4 is 0 Å². The molecule has 2 aromatic heterocycles. The zero-order valence-electron chi connectivity index (χ0n) is 16.0. The Labute approximate surface area is 165 Å². The quantitative estimate of drug-likeness (QED) is 0.686. The average Bonchev–Trinajstić information content (AvgIpc) is 3.34. The molecule has 4 heterocycles. The third kappa shape index (κ3) is 3.45. The summed E-state index contributed by atoms with van der Waals surface area (Å²) in [6, 6.07) is 14.7. The number of aryl methyl sites for hydroxylation is 1. The molecule has 0 aliphatic carbocycles. The van der Waals surface area contributed by atoms with Crippen LogP contribution in [0.4, 0.5) is 0 Å². The number of hydrogen-bond acceptors (Lipinski definition) is 5. The molecule has 0 N–H and O–H groups in total. The highest BCUT2D eigenvalue weighted by Gasteiger charge is 2.43. The van der Waals surface area contributed by atoms with E-state index in [4.69, 9.17) is 4.74 Å². The molecule has 1 aromatic carbocycles. The van der Waals surface area contributed by atoms with Crippen molar-refractivity contribution in [1.82, 2.24) is 24.6 Å². The van der Waals surface area contributed by atoms with Crippen LogP contribution in [-0.4, -0.2) is 49.9 Å². The van der Waals surface area contributed by atoms with Crippen molar-refractivity contribution in [3.05, 3.63) is 66.2 Å².